The summed E-state index contributed by atoms with van der Waals surface area (Å²) < 4.78 is 54.1. The van der Waals surface area contributed by atoms with Gasteiger partial charge in [0.2, 0.25) is 17.2 Å². The zero-order valence-corrected chi connectivity index (χ0v) is 50.1. The van der Waals surface area contributed by atoms with Crippen LogP contribution in [0.2, 0.25) is 0 Å². The van der Waals surface area contributed by atoms with E-state index >= 15 is 0 Å². The minimum absolute atomic E-state index is 0.157. The lowest BCUT2D eigenvalue weighted by Crippen LogP contribution is -2.14. The zero-order valence-electron chi connectivity index (χ0n) is 50.1. The number of allylic oxidation sites excluding steroid dienone is 4. The van der Waals surface area contributed by atoms with Crippen molar-refractivity contribution in [2.45, 2.75) is 215 Å². The Morgan fingerprint density at radius 3 is 0.821 bits per heavy atom. The number of benzene rings is 2. The maximum absolute atomic E-state index is 13.0. The van der Waals surface area contributed by atoms with Crippen molar-refractivity contribution in [1.29, 1.82) is 0 Å². The van der Waals surface area contributed by atoms with Crippen LogP contribution in [0.4, 0.5) is 0 Å². The third-order valence-electron chi connectivity index (χ3n) is 13.3. The number of hydrogen-bond acceptors (Lipinski definition) is 16. The Kier molecular flexibility index (Phi) is 36.8. The number of esters is 6. The van der Waals surface area contributed by atoms with E-state index in [0.29, 0.717) is 79.7 Å². The van der Waals surface area contributed by atoms with E-state index in [1.165, 1.54) is 41.1 Å². The fourth-order valence-corrected chi connectivity index (χ4v) is 8.58. The lowest BCUT2D eigenvalue weighted by molar-refractivity contribution is -0.141. The van der Waals surface area contributed by atoms with Crippen LogP contribution >= 0.6 is 0 Å². The first kappa shape index (κ1) is 70.0. The molecule has 2 aromatic rings. The molecule has 0 spiro atoms. The van der Waals surface area contributed by atoms with Gasteiger partial charge in [-0.2, -0.15) is 0 Å². The van der Waals surface area contributed by atoms with Crippen LogP contribution in [0.1, 0.15) is 210 Å². The molecule has 0 bridgehead atoms. The number of hydrogen-bond donors (Lipinski definition) is 0. The van der Waals surface area contributed by atoms with Crippen LogP contribution in [-0.4, -0.2) is 85.6 Å². The second-order valence-corrected chi connectivity index (χ2v) is 19.9. The van der Waals surface area contributed by atoms with E-state index in [4.69, 9.17) is 33.2 Å². The monoisotopic (exact) mass is 1100 g/mol. The number of rotatable bonds is 38. The summed E-state index contributed by atoms with van der Waals surface area (Å²) in [5.74, 6) is 0.912. The molecule has 0 aliphatic heterocycles. The standard InChI is InChI=1S/C36H56O10.C26H40O6/c1-26(2)24-25-28-27(3)33(45-31(39)22-18-14-10-8-12-16-20-29(37)41-4)35(43-6)36(44-7)34(28)46-32(40)23-19-15-11-9-13-17-21-30(38)42-5;1-18(2)16-17-21-19(3)20(4)24(30-6)26(31-7)25(21)32-23(28)15-13-11-9-8-10-12-14-22(27)29-5/h24H,8-23,25H2,1-7H3;16H,8-15,17H2,1-7H3. The van der Waals surface area contributed by atoms with E-state index in [1.807, 2.05) is 54.5 Å². The van der Waals surface area contributed by atoms with Crippen LogP contribution in [0, 0.1) is 20.8 Å². The fraction of sp³-hybridized carbons (Fsp3) is 0.645. The van der Waals surface area contributed by atoms with Crippen LogP contribution < -0.4 is 33.2 Å². The van der Waals surface area contributed by atoms with Gasteiger partial charge >= 0.3 is 35.8 Å². The summed E-state index contributed by atoms with van der Waals surface area (Å²) in [6, 6.07) is 0. The quantitative estimate of drug-likeness (QED) is 0.0202. The van der Waals surface area contributed by atoms with E-state index in [0.717, 1.165) is 125 Å². The molecule has 0 aliphatic rings. The molecule has 0 atom stereocenters. The van der Waals surface area contributed by atoms with Crippen LogP contribution in [0.25, 0.3) is 0 Å². The topological polar surface area (TPSA) is 195 Å². The molecule has 0 saturated heterocycles. The Balaban J connectivity index is 0.000000832. The largest absolute Gasteiger partial charge is 0.492 e. The summed E-state index contributed by atoms with van der Waals surface area (Å²) >= 11 is 0. The van der Waals surface area contributed by atoms with Gasteiger partial charge in [0.25, 0.3) is 0 Å². The summed E-state index contributed by atoms with van der Waals surface area (Å²) in [5.41, 5.74) is 6.57. The van der Waals surface area contributed by atoms with Gasteiger partial charge in [0.1, 0.15) is 0 Å². The molecule has 0 saturated carbocycles. The molecule has 78 heavy (non-hydrogen) atoms. The smallest absolute Gasteiger partial charge is 0.311 e. The highest BCUT2D eigenvalue weighted by molar-refractivity contribution is 5.80. The van der Waals surface area contributed by atoms with Gasteiger partial charge in [0, 0.05) is 55.2 Å². The lowest BCUT2D eigenvalue weighted by atomic mass is 9.97. The van der Waals surface area contributed by atoms with Crippen molar-refractivity contribution in [3.8, 4) is 40.2 Å². The first-order valence-corrected chi connectivity index (χ1v) is 28.0. The molecular formula is C62H96O16. The summed E-state index contributed by atoms with van der Waals surface area (Å²) in [6.45, 7) is 13.9. The molecule has 0 unspecified atom stereocenters. The molecule has 0 N–H and O–H groups in total. The molecule has 16 heteroatoms. The molecular weight excluding hydrogens is 1000 g/mol. The second-order valence-electron chi connectivity index (χ2n) is 19.9. The SMILES string of the molecule is COC(=O)CCCCCCCCC(=O)Oc1c(C)c(CC=C(C)C)c(OC(=O)CCCCCCCCC(=O)OC)c(OC)c1OC.COC(=O)CCCCCCCCC(=O)Oc1c(CC=C(C)C)c(C)c(C)c(OC)c1OC. The molecule has 0 aliphatic carbocycles. The van der Waals surface area contributed by atoms with Crippen LogP contribution in [0.3, 0.4) is 0 Å². The average molecular weight is 1100 g/mol. The van der Waals surface area contributed by atoms with E-state index in [-0.39, 0.29) is 71.7 Å². The molecule has 2 rings (SSSR count). The predicted molar refractivity (Wildman–Crippen MR) is 303 cm³/mol. The Morgan fingerprint density at radius 2 is 0.538 bits per heavy atom. The second kappa shape index (κ2) is 41.1. The Labute approximate surface area is 466 Å². The third kappa shape index (κ3) is 27.0. The first-order chi connectivity index (χ1) is 37.3. The van der Waals surface area contributed by atoms with E-state index in [9.17, 15) is 28.8 Å². The van der Waals surface area contributed by atoms with Gasteiger partial charge in [-0.1, -0.05) is 100 Å². The maximum atomic E-state index is 13.0. The van der Waals surface area contributed by atoms with Gasteiger partial charge in [-0.25, -0.2) is 0 Å². The third-order valence-corrected chi connectivity index (χ3v) is 13.3. The summed E-state index contributed by atoms with van der Waals surface area (Å²) in [6.07, 6.45) is 23.6. The highest BCUT2D eigenvalue weighted by Gasteiger charge is 2.29. The number of methoxy groups -OCH3 is 7. The van der Waals surface area contributed by atoms with E-state index in [1.54, 1.807) is 14.2 Å². The maximum Gasteiger partial charge on any atom is 0.311 e. The number of carbonyl (C=O) groups is 6. The normalized spacial score (nSPS) is 10.5. The van der Waals surface area contributed by atoms with Crippen LogP contribution in [0.15, 0.2) is 23.3 Å². The Morgan fingerprint density at radius 1 is 0.295 bits per heavy atom. The average Bonchev–Trinajstić information content (AvgIpc) is 3.44. The highest BCUT2D eigenvalue weighted by atomic mass is 16.6. The predicted octanol–water partition coefficient (Wildman–Crippen LogP) is 13.9. The van der Waals surface area contributed by atoms with Crippen molar-refractivity contribution in [3.05, 3.63) is 51.1 Å². The fourth-order valence-electron chi connectivity index (χ4n) is 8.58. The first-order valence-electron chi connectivity index (χ1n) is 28.0. The number of ether oxygens (including phenoxy) is 10. The lowest BCUT2D eigenvalue weighted by Gasteiger charge is -2.22. The van der Waals surface area contributed by atoms with Crippen molar-refractivity contribution in [1.82, 2.24) is 0 Å². The van der Waals surface area contributed by atoms with Gasteiger partial charge < -0.3 is 47.4 Å². The van der Waals surface area contributed by atoms with Crippen LogP contribution in [0.5, 0.6) is 40.2 Å². The molecule has 0 radical (unpaired) electrons. The minimum atomic E-state index is -0.377. The molecule has 16 nitrogen and oxygen atoms in total. The molecule has 440 valence electrons. The van der Waals surface area contributed by atoms with Gasteiger partial charge in [-0.3, -0.25) is 28.8 Å². The number of carbonyl (C=O) groups excluding carboxylic acids is 6. The summed E-state index contributed by atoms with van der Waals surface area (Å²) in [5, 5.41) is 0. The van der Waals surface area contributed by atoms with Crippen molar-refractivity contribution in [2.75, 3.05) is 49.8 Å². The summed E-state index contributed by atoms with van der Waals surface area (Å²) in [4.78, 5) is 72.0. The molecule has 0 heterocycles. The minimum Gasteiger partial charge on any atom is -0.492 e. The summed E-state index contributed by atoms with van der Waals surface area (Å²) in [7, 11) is 10.3. The Hall–Kier alpha value is -6.06. The number of unbranched alkanes of at least 4 members (excludes halogenated alkanes) is 15. The highest BCUT2D eigenvalue weighted by Crippen LogP contribution is 2.50. The van der Waals surface area contributed by atoms with Crippen molar-refractivity contribution in [3.63, 3.8) is 0 Å². The molecule has 2 aromatic carbocycles. The molecule has 0 aromatic heterocycles. The van der Waals surface area contributed by atoms with Crippen molar-refractivity contribution in [2.24, 2.45) is 0 Å². The van der Waals surface area contributed by atoms with Gasteiger partial charge in [0.15, 0.2) is 23.0 Å². The van der Waals surface area contributed by atoms with Crippen LogP contribution in [-0.2, 0) is 55.8 Å². The van der Waals surface area contributed by atoms with E-state index < -0.39 is 0 Å². The molecule has 0 fully saturated rings. The van der Waals surface area contributed by atoms with Crippen molar-refractivity contribution < 1.29 is 76.1 Å². The van der Waals surface area contributed by atoms with Gasteiger partial charge in [-0.05, 0) is 111 Å². The van der Waals surface area contributed by atoms with Crippen molar-refractivity contribution >= 4 is 35.8 Å². The Bertz CT molecular complexity index is 2230. The van der Waals surface area contributed by atoms with Gasteiger partial charge in [-0.15, -0.1) is 0 Å². The molecule has 0 amide bonds. The van der Waals surface area contributed by atoms with E-state index in [2.05, 4.69) is 20.3 Å². The zero-order chi connectivity index (χ0) is 58.4. The van der Waals surface area contributed by atoms with Gasteiger partial charge in [0.05, 0.1) is 49.8 Å².